The highest BCUT2D eigenvalue weighted by Gasteiger charge is 2.31. The zero-order chi connectivity index (χ0) is 21.3. The Balaban J connectivity index is 1.68. The van der Waals surface area contributed by atoms with E-state index in [0.29, 0.717) is 36.7 Å². The Morgan fingerprint density at radius 2 is 1.87 bits per heavy atom. The molecule has 3 heterocycles. The molecule has 1 saturated heterocycles. The van der Waals surface area contributed by atoms with Gasteiger partial charge in [-0.2, -0.15) is 0 Å². The lowest BCUT2D eigenvalue weighted by molar-refractivity contribution is -0.0557. The largest absolute Gasteiger partial charge is 0.508 e. The zero-order valence-corrected chi connectivity index (χ0v) is 17.7. The van der Waals surface area contributed by atoms with Gasteiger partial charge in [-0.15, -0.1) is 5.06 Å². The number of ether oxygens (including phenoxy) is 1. The molecule has 1 fully saturated rings. The number of rotatable bonds is 6. The van der Waals surface area contributed by atoms with E-state index in [-0.39, 0.29) is 17.4 Å². The molecule has 2 aliphatic rings. The number of hydrogen-bond donors (Lipinski definition) is 2. The van der Waals surface area contributed by atoms with Gasteiger partial charge in [0.15, 0.2) is 11.5 Å². The standard InChI is InChI=1S/C22H29N3O5/c1-4-25-13-18(21-9-15(23-29-21)12-24-5-7-28-8-6-24)22(30-25)17-10-16(14(2)3)19(26)11-20(17)27/h9-11,14,26-27H,4-8,12-13H2,1-3H3. The van der Waals surface area contributed by atoms with Gasteiger partial charge in [0.05, 0.1) is 36.6 Å². The van der Waals surface area contributed by atoms with Crippen LogP contribution in [0.2, 0.25) is 0 Å². The van der Waals surface area contributed by atoms with Crippen LogP contribution in [0, 0.1) is 0 Å². The van der Waals surface area contributed by atoms with Crippen LogP contribution in [0.25, 0.3) is 11.3 Å². The predicted molar refractivity (Wildman–Crippen MR) is 112 cm³/mol. The monoisotopic (exact) mass is 415 g/mol. The summed E-state index contributed by atoms with van der Waals surface area (Å²) < 4.78 is 11.1. The molecule has 1 aromatic carbocycles. The molecule has 1 aromatic heterocycles. The van der Waals surface area contributed by atoms with Crippen LogP contribution in [0.4, 0.5) is 0 Å². The maximum atomic E-state index is 10.5. The number of phenolic OH excluding ortho intramolecular Hbond substituents is 2. The van der Waals surface area contributed by atoms with E-state index in [1.807, 2.05) is 26.8 Å². The Bertz CT molecular complexity index is 931. The van der Waals surface area contributed by atoms with E-state index in [9.17, 15) is 10.2 Å². The Morgan fingerprint density at radius 1 is 1.10 bits per heavy atom. The van der Waals surface area contributed by atoms with Crippen molar-refractivity contribution in [3.63, 3.8) is 0 Å². The molecule has 2 N–H and O–H groups in total. The maximum Gasteiger partial charge on any atom is 0.168 e. The van der Waals surface area contributed by atoms with Crippen molar-refractivity contribution in [2.24, 2.45) is 0 Å². The first-order valence-electron chi connectivity index (χ1n) is 10.4. The second kappa shape index (κ2) is 8.67. The highest BCUT2D eigenvalue weighted by molar-refractivity contribution is 5.90. The van der Waals surface area contributed by atoms with Crippen LogP contribution in [-0.4, -0.2) is 64.7 Å². The van der Waals surface area contributed by atoms with Crippen molar-refractivity contribution >= 4 is 11.3 Å². The van der Waals surface area contributed by atoms with Crippen LogP contribution in [-0.2, 0) is 16.1 Å². The Hall–Kier alpha value is -2.55. The molecule has 0 bridgehead atoms. The molecule has 8 heteroatoms. The van der Waals surface area contributed by atoms with Gasteiger partial charge in [-0.1, -0.05) is 19.0 Å². The SMILES string of the molecule is CCN1CC(c2cc(CN3CCOCC3)no2)=C(c2cc(C(C)C)c(O)cc2O)O1. The van der Waals surface area contributed by atoms with Gasteiger partial charge in [0.1, 0.15) is 11.5 Å². The summed E-state index contributed by atoms with van der Waals surface area (Å²) in [4.78, 5) is 8.32. The summed E-state index contributed by atoms with van der Waals surface area (Å²) in [7, 11) is 0. The minimum atomic E-state index is -0.0320. The number of aromatic nitrogens is 1. The first-order chi connectivity index (χ1) is 14.5. The summed E-state index contributed by atoms with van der Waals surface area (Å²) in [5.74, 6) is 1.30. The average molecular weight is 415 g/mol. The van der Waals surface area contributed by atoms with Crippen LogP contribution >= 0.6 is 0 Å². The summed E-state index contributed by atoms with van der Waals surface area (Å²) in [5.41, 5.74) is 2.96. The van der Waals surface area contributed by atoms with E-state index < -0.39 is 0 Å². The first-order valence-corrected chi connectivity index (χ1v) is 10.4. The molecule has 0 amide bonds. The fourth-order valence-corrected chi connectivity index (χ4v) is 3.80. The van der Waals surface area contributed by atoms with Crippen molar-refractivity contribution in [1.82, 2.24) is 15.1 Å². The fourth-order valence-electron chi connectivity index (χ4n) is 3.80. The third-order valence-corrected chi connectivity index (χ3v) is 5.54. The number of hydrogen-bond acceptors (Lipinski definition) is 8. The normalized spacial score (nSPS) is 18.4. The van der Waals surface area contributed by atoms with Gasteiger partial charge < -0.3 is 24.3 Å². The van der Waals surface area contributed by atoms with E-state index >= 15 is 0 Å². The summed E-state index contributed by atoms with van der Waals surface area (Å²) in [5, 5.41) is 26.8. The van der Waals surface area contributed by atoms with Crippen LogP contribution < -0.4 is 0 Å². The van der Waals surface area contributed by atoms with E-state index in [2.05, 4.69) is 10.1 Å². The van der Waals surface area contributed by atoms with Crippen LogP contribution in [0.5, 0.6) is 11.5 Å². The van der Waals surface area contributed by atoms with Gasteiger partial charge in [-0.25, -0.2) is 0 Å². The summed E-state index contributed by atoms with van der Waals surface area (Å²) in [6.45, 7) is 11.1. The maximum absolute atomic E-state index is 10.5. The molecule has 0 spiro atoms. The number of aromatic hydroxyl groups is 2. The van der Waals surface area contributed by atoms with Gasteiger partial charge in [0.2, 0.25) is 0 Å². The molecule has 2 aromatic rings. The van der Waals surface area contributed by atoms with E-state index in [1.54, 1.807) is 11.1 Å². The molecule has 0 unspecified atom stereocenters. The first kappa shape index (κ1) is 20.7. The Labute approximate surface area is 176 Å². The summed E-state index contributed by atoms with van der Waals surface area (Å²) >= 11 is 0. The number of morpholine rings is 1. The lowest BCUT2D eigenvalue weighted by atomic mass is 9.96. The molecule has 8 nitrogen and oxygen atoms in total. The highest BCUT2D eigenvalue weighted by atomic mass is 16.7. The smallest absolute Gasteiger partial charge is 0.168 e. The van der Waals surface area contributed by atoms with Crippen LogP contribution in [0.15, 0.2) is 22.7 Å². The average Bonchev–Trinajstić information content (AvgIpc) is 3.35. The van der Waals surface area contributed by atoms with Crippen molar-refractivity contribution in [3.8, 4) is 11.5 Å². The van der Waals surface area contributed by atoms with Crippen LogP contribution in [0.3, 0.4) is 0 Å². The second-order valence-corrected chi connectivity index (χ2v) is 8.01. The van der Waals surface area contributed by atoms with Crippen molar-refractivity contribution < 1.29 is 24.3 Å². The lowest BCUT2D eigenvalue weighted by Gasteiger charge is -2.25. The number of benzene rings is 1. The lowest BCUT2D eigenvalue weighted by Crippen LogP contribution is -2.35. The molecule has 0 aliphatic carbocycles. The molecular weight excluding hydrogens is 386 g/mol. The van der Waals surface area contributed by atoms with Crippen LogP contribution in [0.1, 0.15) is 49.3 Å². The van der Waals surface area contributed by atoms with Crippen molar-refractivity contribution in [1.29, 1.82) is 0 Å². The fraction of sp³-hybridized carbons (Fsp3) is 0.500. The topological polar surface area (TPSA) is 91.4 Å². The number of hydroxylamine groups is 2. The van der Waals surface area contributed by atoms with E-state index in [1.165, 1.54) is 6.07 Å². The molecule has 30 heavy (non-hydrogen) atoms. The van der Waals surface area contributed by atoms with E-state index in [4.69, 9.17) is 14.1 Å². The highest BCUT2D eigenvalue weighted by Crippen LogP contribution is 2.41. The second-order valence-electron chi connectivity index (χ2n) is 8.01. The minimum absolute atomic E-state index is 0.0320. The van der Waals surface area contributed by atoms with Gasteiger partial charge >= 0.3 is 0 Å². The van der Waals surface area contributed by atoms with Crippen molar-refractivity contribution in [2.45, 2.75) is 33.2 Å². The van der Waals surface area contributed by atoms with Crippen molar-refractivity contribution in [3.05, 3.63) is 40.8 Å². The van der Waals surface area contributed by atoms with Gasteiger partial charge in [0, 0.05) is 38.3 Å². The molecule has 4 rings (SSSR count). The number of nitrogens with zero attached hydrogens (tertiary/aromatic N) is 3. The van der Waals surface area contributed by atoms with Crippen molar-refractivity contribution in [2.75, 3.05) is 39.4 Å². The Morgan fingerprint density at radius 3 is 2.57 bits per heavy atom. The van der Waals surface area contributed by atoms with E-state index in [0.717, 1.165) is 43.1 Å². The molecule has 2 aliphatic heterocycles. The molecule has 0 radical (unpaired) electrons. The molecule has 162 valence electrons. The third kappa shape index (κ3) is 4.16. The quantitative estimate of drug-likeness (QED) is 0.743. The Kier molecular flexibility index (Phi) is 5.99. The minimum Gasteiger partial charge on any atom is -0.508 e. The third-order valence-electron chi connectivity index (χ3n) is 5.54. The van der Waals surface area contributed by atoms with Gasteiger partial charge in [-0.3, -0.25) is 4.90 Å². The van der Waals surface area contributed by atoms with Gasteiger partial charge in [0.25, 0.3) is 0 Å². The molecule has 0 atom stereocenters. The number of likely N-dealkylation sites (N-methyl/N-ethyl adjacent to an activating group) is 1. The molecular formula is C22H29N3O5. The predicted octanol–water partition coefficient (Wildman–Crippen LogP) is 3.18. The number of phenols is 2. The zero-order valence-electron chi connectivity index (χ0n) is 17.7. The van der Waals surface area contributed by atoms with Gasteiger partial charge in [-0.05, 0) is 24.5 Å². The molecule has 0 saturated carbocycles. The summed E-state index contributed by atoms with van der Waals surface area (Å²) in [6.07, 6.45) is 0. The summed E-state index contributed by atoms with van der Waals surface area (Å²) in [6, 6.07) is 5.10.